The van der Waals surface area contributed by atoms with Crippen LogP contribution in [0.4, 0.5) is 0 Å². The Hall–Kier alpha value is -1.22. The maximum absolute atomic E-state index is 6.20. The second-order valence-corrected chi connectivity index (χ2v) is 4.37. The Morgan fingerprint density at radius 1 is 1.31 bits per heavy atom. The number of para-hydroxylation sites is 1. The molecule has 0 bridgehead atoms. The van der Waals surface area contributed by atoms with Gasteiger partial charge in [0.05, 0.1) is 14.2 Å². The summed E-state index contributed by atoms with van der Waals surface area (Å²) in [4.78, 5) is 0. The third-order valence-electron chi connectivity index (χ3n) is 3.12. The minimum atomic E-state index is 0.0533. The van der Waals surface area contributed by atoms with Crippen LogP contribution in [-0.2, 0) is 0 Å². The second-order valence-electron chi connectivity index (χ2n) is 4.37. The van der Waals surface area contributed by atoms with Gasteiger partial charge in [0.25, 0.3) is 0 Å². The summed E-state index contributed by atoms with van der Waals surface area (Å²) in [7, 11) is 3.30. The van der Waals surface area contributed by atoms with Crippen molar-refractivity contribution in [1.29, 1.82) is 0 Å². The molecule has 0 radical (unpaired) electrons. The number of benzene rings is 1. The summed E-state index contributed by atoms with van der Waals surface area (Å²) in [5, 5.41) is 0. The highest BCUT2D eigenvalue weighted by Gasteiger charge is 2.26. The highest BCUT2D eigenvalue weighted by atomic mass is 16.5. The van der Waals surface area contributed by atoms with Crippen LogP contribution in [0.15, 0.2) is 18.2 Å². The first kappa shape index (κ1) is 11.3. The summed E-state index contributed by atoms with van der Waals surface area (Å²) in [5.74, 6) is 2.34. The lowest BCUT2D eigenvalue weighted by molar-refractivity contribution is 0.348. The van der Waals surface area contributed by atoms with Crippen LogP contribution in [0.5, 0.6) is 11.5 Å². The third-order valence-corrected chi connectivity index (χ3v) is 3.12. The van der Waals surface area contributed by atoms with E-state index in [4.69, 9.17) is 15.2 Å². The van der Waals surface area contributed by atoms with E-state index < -0.39 is 0 Å². The molecule has 1 unspecified atom stereocenters. The zero-order valence-electron chi connectivity index (χ0n) is 9.90. The van der Waals surface area contributed by atoms with Crippen LogP contribution in [-0.4, -0.2) is 14.2 Å². The van der Waals surface area contributed by atoms with Gasteiger partial charge < -0.3 is 15.2 Å². The molecule has 3 nitrogen and oxygen atoms in total. The Morgan fingerprint density at radius 2 is 2.06 bits per heavy atom. The van der Waals surface area contributed by atoms with Gasteiger partial charge in [-0.25, -0.2) is 0 Å². The third kappa shape index (κ3) is 2.30. The van der Waals surface area contributed by atoms with Crippen LogP contribution in [0.1, 0.15) is 30.9 Å². The molecule has 16 heavy (non-hydrogen) atoms. The van der Waals surface area contributed by atoms with Gasteiger partial charge in [-0.3, -0.25) is 0 Å². The van der Waals surface area contributed by atoms with Gasteiger partial charge in [-0.05, 0) is 18.4 Å². The summed E-state index contributed by atoms with van der Waals surface area (Å²) in [6, 6.07) is 5.93. The molecule has 1 saturated carbocycles. The summed E-state index contributed by atoms with van der Waals surface area (Å²) in [6.45, 7) is 0. The van der Waals surface area contributed by atoms with Gasteiger partial charge in [-0.2, -0.15) is 0 Å². The molecule has 0 saturated heterocycles. The van der Waals surface area contributed by atoms with Crippen molar-refractivity contribution in [2.75, 3.05) is 14.2 Å². The molecular weight excluding hydrogens is 202 g/mol. The molecule has 0 aliphatic heterocycles. The molecule has 0 heterocycles. The summed E-state index contributed by atoms with van der Waals surface area (Å²) in [5.41, 5.74) is 7.25. The van der Waals surface area contributed by atoms with Gasteiger partial charge in [0, 0.05) is 11.6 Å². The SMILES string of the molecule is COc1cccc(C(N)CC2CC2)c1OC. The number of methoxy groups -OCH3 is 2. The fraction of sp³-hybridized carbons (Fsp3) is 0.538. The van der Waals surface area contributed by atoms with Gasteiger partial charge in [-0.15, -0.1) is 0 Å². The zero-order chi connectivity index (χ0) is 11.5. The molecule has 0 amide bonds. The Labute approximate surface area is 96.5 Å². The molecule has 88 valence electrons. The molecule has 0 aromatic heterocycles. The Balaban J connectivity index is 2.23. The predicted molar refractivity (Wildman–Crippen MR) is 63.8 cm³/mol. The summed E-state index contributed by atoms with van der Waals surface area (Å²) >= 11 is 0. The fourth-order valence-corrected chi connectivity index (χ4v) is 2.04. The first-order valence-electron chi connectivity index (χ1n) is 5.72. The molecule has 1 atom stereocenters. The monoisotopic (exact) mass is 221 g/mol. The average molecular weight is 221 g/mol. The van der Waals surface area contributed by atoms with Crippen LogP contribution >= 0.6 is 0 Å². The number of rotatable bonds is 5. The lowest BCUT2D eigenvalue weighted by Crippen LogP contribution is -2.12. The van der Waals surface area contributed by atoms with Gasteiger partial charge in [0.2, 0.25) is 0 Å². The average Bonchev–Trinajstić information content (AvgIpc) is 3.11. The van der Waals surface area contributed by atoms with Crippen molar-refractivity contribution in [3.8, 4) is 11.5 Å². The van der Waals surface area contributed by atoms with Crippen molar-refractivity contribution < 1.29 is 9.47 Å². The second kappa shape index (κ2) is 4.74. The molecule has 1 aliphatic carbocycles. The largest absolute Gasteiger partial charge is 0.493 e. The van der Waals surface area contributed by atoms with Gasteiger partial charge in [0.15, 0.2) is 11.5 Å². The van der Waals surface area contributed by atoms with E-state index in [1.807, 2.05) is 18.2 Å². The minimum Gasteiger partial charge on any atom is -0.493 e. The highest BCUT2D eigenvalue weighted by Crippen LogP contribution is 2.40. The predicted octanol–water partition coefficient (Wildman–Crippen LogP) is 2.50. The highest BCUT2D eigenvalue weighted by molar-refractivity contribution is 5.48. The maximum atomic E-state index is 6.20. The number of hydrogen-bond acceptors (Lipinski definition) is 3. The van der Waals surface area contributed by atoms with Gasteiger partial charge in [0.1, 0.15) is 0 Å². The van der Waals surface area contributed by atoms with E-state index in [1.54, 1.807) is 14.2 Å². The molecule has 3 heteroatoms. The Morgan fingerprint density at radius 3 is 2.62 bits per heavy atom. The van der Waals surface area contributed by atoms with Gasteiger partial charge >= 0.3 is 0 Å². The maximum Gasteiger partial charge on any atom is 0.165 e. The van der Waals surface area contributed by atoms with Crippen molar-refractivity contribution in [1.82, 2.24) is 0 Å². The topological polar surface area (TPSA) is 44.5 Å². The van der Waals surface area contributed by atoms with Crippen LogP contribution in [0.25, 0.3) is 0 Å². The lowest BCUT2D eigenvalue weighted by atomic mass is 10.0. The molecular formula is C13H19NO2. The van der Waals surface area contributed by atoms with E-state index in [1.165, 1.54) is 12.8 Å². The molecule has 1 aliphatic rings. The molecule has 1 aromatic rings. The van der Waals surface area contributed by atoms with E-state index in [-0.39, 0.29) is 6.04 Å². The Kier molecular flexibility index (Phi) is 3.34. The van der Waals surface area contributed by atoms with Crippen molar-refractivity contribution in [2.24, 2.45) is 11.7 Å². The van der Waals surface area contributed by atoms with Crippen molar-refractivity contribution in [2.45, 2.75) is 25.3 Å². The number of nitrogens with two attached hydrogens (primary N) is 1. The van der Waals surface area contributed by atoms with Crippen LogP contribution in [0.2, 0.25) is 0 Å². The first-order chi connectivity index (χ1) is 7.76. The van der Waals surface area contributed by atoms with E-state index in [9.17, 15) is 0 Å². The van der Waals surface area contributed by atoms with Gasteiger partial charge in [-0.1, -0.05) is 25.0 Å². The normalized spacial score (nSPS) is 16.9. The van der Waals surface area contributed by atoms with E-state index in [0.717, 1.165) is 29.4 Å². The summed E-state index contributed by atoms with van der Waals surface area (Å²) < 4.78 is 10.7. The number of hydrogen-bond donors (Lipinski definition) is 1. The standard InChI is InChI=1S/C13H19NO2/c1-15-12-5-3-4-10(13(12)16-2)11(14)8-9-6-7-9/h3-5,9,11H,6-8,14H2,1-2H3. The van der Waals surface area contributed by atoms with E-state index >= 15 is 0 Å². The first-order valence-corrected chi connectivity index (χ1v) is 5.72. The Bertz CT molecular complexity index is 361. The lowest BCUT2D eigenvalue weighted by Gasteiger charge is -2.17. The van der Waals surface area contributed by atoms with Crippen molar-refractivity contribution in [3.63, 3.8) is 0 Å². The van der Waals surface area contributed by atoms with E-state index in [0.29, 0.717) is 0 Å². The minimum absolute atomic E-state index is 0.0533. The van der Waals surface area contributed by atoms with Crippen LogP contribution in [0.3, 0.4) is 0 Å². The molecule has 2 N–H and O–H groups in total. The van der Waals surface area contributed by atoms with Crippen molar-refractivity contribution in [3.05, 3.63) is 23.8 Å². The quantitative estimate of drug-likeness (QED) is 0.830. The van der Waals surface area contributed by atoms with Crippen LogP contribution < -0.4 is 15.2 Å². The molecule has 1 fully saturated rings. The fourth-order valence-electron chi connectivity index (χ4n) is 2.04. The molecule has 0 spiro atoms. The smallest absolute Gasteiger partial charge is 0.165 e. The number of ether oxygens (including phenoxy) is 2. The molecule has 1 aromatic carbocycles. The van der Waals surface area contributed by atoms with E-state index in [2.05, 4.69) is 0 Å². The van der Waals surface area contributed by atoms with Crippen LogP contribution in [0, 0.1) is 5.92 Å². The molecule has 2 rings (SSSR count). The van der Waals surface area contributed by atoms with Crippen molar-refractivity contribution >= 4 is 0 Å². The zero-order valence-corrected chi connectivity index (χ0v) is 9.90. The summed E-state index contributed by atoms with van der Waals surface area (Å²) in [6.07, 6.45) is 3.68.